The lowest BCUT2D eigenvalue weighted by atomic mass is 10.3. The number of ether oxygens (including phenoxy) is 1. The number of rotatable bonds is 7. The second kappa shape index (κ2) is 8.70. The fourth-order valence-corrected chi connectivity index (χ4v) is 3.19. The molecule has 0 amide bonds. The van der Waals surface area contributed by atoms with Crippen LogP contribution in [0.2, 0.25) is 0 Å². The molecule has 150 valence electrons. The van der Waals surface area contributed by atoms with Crippen LogP contribution in [0.1, 0.15) is 0 Å². The third kappa shape index (κ3) is 4.52. The van der Waals surface area contributed by atoms with Crippen LogP contribution in [-0.2, 0) is 4.74 Å². The normalized spacial score (nSPS) is 14.0. The third-order valence-electron chi connectivity index (χ3n) is 4.69. The van der Waals surface area contributed by atoms with E-state index >= 15 is 0 Å². The number of non-ortho nitro benzene ring substituents is 1. The predicted octanol–water partition coefficient (Wildman–Crippen LogP) is 2.90. The van der Waals surface area contributed by atoms with E-state index in [-0.39, 0.29) is 5.69 Å². The molecule has 1 aliphatic heterocycles. The van der Waals surface area contributed by atoms with Crippen molar-refractivity contribution >= 4 is 34.0 Å². The molecule has 1 aliphatic rings. The van der Waals surface area contributed by atoms with E-state index in [0.717, 1.165) is 41.4 Å². The van der Waals surface area contributed by atoms with Gasteiger partial charge in [0.15, 0.2) is 11.6 Å². The second-order valence-corrected chi connectivity index (χ2v) is 6.64. The highest BCUT2D eigenvalue weighted by molar-refractivity contribution is 5.80. The highest BCUT2D eigenvalue weighted by Crippen LogP contribution is 2.25. The Morgan fingerprint density at radius 3 is 2.31 bits per heavy atom. The first kappa shape index (κ1) is 18.9. The Morgan fingerprint density at radius 1 is 0.966 bits per heavy atom. The summed E-state index contributed by atoms with van der Waals surface area (Å²) in [5.41, 5.74) is 2.62. The Labute approximate surface area is 167 Å². The Kier molecular flexibility index (Phi) is 5.66. The molecule has 9 heteroatoms. The Morgan fingerprint density at radius 2 is 1.62 bits per heavy atom. The summed E-state index contributed by atoms with van der Waals surface area (Å²) in [5.74, 6) is 1.58. The van der Waals surface area contributed by atoms with Gasteiger partial charge < -0.3 is 20.3 Å². The van der Waals surface area contributed by atoms with E-state index < -0.39 is 4.92 Å². The minimum atomic E-state index is -0.406. The maximum atomic E-state index is 10.7. The van der Waals surface area contributed by atoms with E-state index in [1.54, 1.807) is 12.1 Å². The van der Waals surface area contributed by atoms with Crippen LogP contribution < -0.4 is 15.5 Å². The molecule has 2 heterocycles. The fraction of sp³-hybridized carbons (Fsp3) is 0.300. The molecular formula is C20H22N6O3. The van der Waals surface area contributed by atoms with Crippen molar-refractivity contribution in [3.63, 3.8) is 0 Å². The zero-order valence-corrected chi connectivity index (χ0v) is 15.9. The van der Waals surface area contributed by atoms with Crippen LogP contribution in [0.15, 0.2) is 48.5 Å². The first-order valence-corrected chi connectivity index (χ1v) is 9.52. The van der Waals surface area contributed by atoms with Crippen molar-refractivity contribution in [1.29, 1.82) is 0 Å². The molecule has 0 unspecified atom stereocenters. The van der Waals surface area contributed by atoms with Crippen molar-refractivity contribution in [2.75, 3.05) is 54.9 Å². The number of hydrogen-bond donors (Lipinski definition) is 2. The standard InChI is InChI=1S/C20H22N6O3/c27-26(28)16-7-5-15(6-8-16)21-9-10-22-19-20(25-11-13-29-14-12-25)24-18-4-2-1-3-17(18)23-19/h1-8,21H,9-14H2,(H,22,23). The van der Waals surface area contributed by atoms with Crippen LogP contribution in [0.3, 0.4) is 0 Å². The number of benzene rings is 2. The molecule has 4 rings (SSSR count). The van der Waals surface area contributed by atoms with Crippen LogP contribution >= 0.6 is 0 Å². The van der Waals surface area contributed by atoms with Gasteiger partial charge >= 0.3 is 0 Å². The lowest BCUT2D eigenvalue weighted by molar-refractivity contribution is -0.384. The number of aromatic nitrogens is 2. The van der Waals surface area contributed by atoms with Crippen molar-refractivity contribution in [3.8, 4) is 0 Å². The third-order valence-corrected chi connectivity index (χ3v) is 4.69. The lowest BCUT2D eigenvalue weighted by Gasteiger charge is -2.29. The molecule has 0 atom stereocenters. The van der Waals surface area contributed by atoms with Gasteiger partial charge in [-0.1, -0.05) is 12.1 Å². The first-order valence-electron chi connectivity index (χ1n) is 9.52. The van der Waals surface area contributed by atoms with Gasteiger partial charge in [-0.2, -0.15) is 0 Å². The zero-order chi connectivity index (χ0) is 20.1. The largest absolute Gasteiger partial charge is 0.383 e. The van der Waals surface area contributed by atoms with Gasteiger partial charge in [-0.25, -0.2) is 9.97 Å². The molecule has 2 aromatic carbocycles. The summed E-state index contributed by atoms with van der Waals surface area (Å²) in [6, 6.07) is 14.2. The van der Waals surface area contributed by atoms with Gasteiger partial charge in [-0.15, -0.1) is 0 Å². The molecule has 0 bridgehead atoms. The summed E-state index contributed by atoms with van der Waals surface area (Å²) in [7, 11) is 0. The van der Waals surface area contributed by atoms with Gasteiger partial charge in [0.1, 0.15) is 0 Å². The van der Waals surface area contributed by atoms with E-state index in [0.29, 0.717) is 26.3 Å². The number of nitrogens with zero attached hydrogens (tertiary/aromatic N) is 4. The molecule has 0 radical (unpaired) electrons. The topological polar surface area (TPSA) is 105 Å². The maximum Gasteiger partial charge on any atom is 0.269 e. The zero-order valence-electron chi connectivity index (χ0n) is 15.9. The molecule has 0 saturated carbocycles. The quantitative estimate of drug-likeness (QED) is 0.358. The monoisotopic (exact) mass is 394 g/mol. The number of anilines is 3. The van der Waals surface area contributed by atoms with Gasteiger partial charge in [0.2, 0.25) is 0 Å². The van der Waals surface area contributed by atoms with Crippen LogP contribution in [0.4, 0.5) is 23.0 Å². The van der Waals surface area contributed by atoms with E-state index in [2.05, 4.69) is 15.5 Å². The van der Waals surface area contributed by atoms with Gasteiger partial charge in [-0.3, -0.25) is 10.1 Å². The van der Waals surface area contributed by atoms with Gasteiger partial charge in [0.25, 0.3) is 5.69 Å². The molecule has 0 aliphatic carbocycles. The molecule has 0 spiro atoms. The minimum Gasteiger partial charge on any atom is -0.383 e. The summed E-state index contributed by atoms with van der Waals surface area (Å²) in [6.45, 7) is 4.17. The molecule has 3 aromatic rings. The molecule has 1 aromatic heterocycles. The van der Waals surface area contributed by atoms with Gasteiger partial charge in [0.05, 0.1) is 29.2 Å². The number of hydrogen-bond acceptors (Lipinski definition) is 8. The van der Waals surface area contributed by atoms with Gasteiger partial charge in [-0.05, 0) is 24.3 Å². The van der Waals surface area contributed by atoms with Crippen LogP contribution in [-0.4, -0.2) is 54.3 Å². The van der Waals surface area contributed by atoms with E-state index in [9.17, 15) is 10.1 Å². The summed E-state index contributed by atoms with van der Waals surface area (Å²) in [4.78, 5) is 22.1. The summed E-state index contributed by atoms with van der Waals surface area (Å²) in [5, 5.41) is 17.4. The molecular weight excluding hydrogens is 372 g/mol. The van der Waals surface area contributed by atoms with E-state index in [4.69, 9.17) is 14.7 Å². The van der Waals surface area contributed by atoms with Crippen LogP contribution in [0.5, 0.6) is 0 Å². The average molecular weight is 394 g/mol. The number of para-hydroxylation sites is 2. The Hall–Kier alpha value is -3.46. The number of morpholine rings is 1. The first-order chi connectivity index (χ1) is 14.2. The van der Waals surface area contributed by atoms with Crippen molar-refractivity contribution in [3.05, 3.63) is 58.6 Å². The lowest BCUT2D eigenvalue weighted by Crippen LogP contribution is -2.37. The number of nitro groups is 1. The summed E-state index contributed by atoms with van der Waals surface area (Å²) < 4.78 is 5.46. The smallest absolute Gasteiger partial charge is 0.269 e. The van der Waals surface area contributed by atoms with Crippen LogP contribution in [0, 0.1) is 10.1 Å². The number of nitrogens with one attached hydrogen (secondary N) is 2. The molecule has 29 heavy (non-hydrogen) atoms. The van der Waals surface area contributed by atoms with Crippen LogP contribution in [0.25, 0.3) is 11.0 Å². The fourth-order valence-electron chi connectivity index (χ4n) is 3.19. The maximum absolute atomic E-state index is 10.7. The Balaban J connectivity index is 1.44. The second-order valence-electron chi connectivity index (χ2n) is 6.64. The SMILES string of the molecule is O=[N+]([O-])c1ccc(NCCNc2nc3ccccc3nc2N2CCOCC2)cc1. The van der Waals surface area contributed by atoms with Crippen molar-refractivity contribution in [2.24, 2.45) is 0 Å². The average Bonchev–Trinajstić information content (AvgIpc) is 2.77. The highest BCUT2D eigenvalue weighted by atomic mass is 16.6. The van der Waals surface area contributed by atoms with Crippen molar-refractivity contribution in [2.45, 2.75) is 0 Å². The molecule has 1 saturated heterocycles. The van der Waals surface area contributed by atoms with Crippen molar-refractivity contribution in [1.82, 2.24) is 9.97 Å². The number of nitro benzene ring substituents is 1. The summed E-state index contributed by atoms with van der Waals surface area (Å²) >= 11 is 0. The predicted molar refractivity (Wildman–Crippen MR) is 113 cm³/mol. The Bertz CT molecular complexity index is 989. The molecule has 9 nitrogen and oxygen atoms in total. The van der Waals surface area contributed by atoms with Gasteiger partial charge in [0, 0.05) is 44.0 Å². The van der Waals surface area contributed by atoms with E-state index in [1.165, 1.54) is 12.1 Å². The highest BCUT2D eigenvalue weighted by Gasteiger charge is 2.18. The number of fused-ring (bicyclic) bond motifs is 1. The van der Waals surface area contributed by atoms with E-state index in [1.807, 2.05) is 24.3 Å². The molecule has 2 N–H and O–H groups in total. The molecule has 1 fully saturated rings. The van der Waals surface area contributed by atoms with Crippen molar-refractivity contribution < 1.29 is 9.66 Å². The summed E-state index contributed by atoms with van der Waals surface area (Å²) in [6.07, 6.45) is 0. The minimum absolute atomic E-state index is 0.0789.